The predicted octanol–water partition coefficient (Wildman–Crippen LogP) is 7.13. The van der Waals surface area contributed by atoms with Crippen molar-refractivity contribution in [2.24, 2.45) is 11.8 Å². The van der Waals surface area contributed by atoms with Gasteiger partial charge in [0, 0.05) is 0 Å². The molecule has 0 radical (unpaired) electrons. The highest BCUT2D eigenvalue weighted by Crippen LogP contribution is 2.49. The Hall–Kier alpha value is -1.34. The van der Waals surface area contributed by atoms with Crippen molar-refractivity contribution in [1.82, 2.24) is 0 Å². The van der Waals surface area contributed by atoms with Gasteiger partial charge in [-0.1, -0.05) is 38.5 Å². The second kappa shape index (κ2) is 9.96. The average Bonchev–Trinajstić information content (AvgIpc) is 3.55. The molecule has 34 heavy (non-hydrogen) atoms. The SMILES string of the molecule is O=C(OC1(C2CCCC2)CCCCC1)C(F)(F)C(F)(F)C(=O)OC1(C2CCCC2)CCCCC1. The largest absolute Gasteiger partial charge is 0.454 e. The van der Waals surface area contributed by atoms with E-state index in [4.69, 9.17) is 9.47 Å². The first kappa shape index (κ1) is 25.7. The van der Waals surface area contributed by atoms with E-state index in [1.807, 2.05) is 0 Å². The van der Waals surface area contributed by atoms with Crippen LogP contribution in [0.1, 0.15) is 116 Å². The molecule has 4 fully saturated rings. The standard InChI is InChI=1S/C26H38F4O4/c27-25(28,21(31)33-23(15-7-1-8-16-23)19-11-3-4-12-19)26(29,30)22(32)34-24(17-9-2-10-18-24)20-13-5-6-14-20/h19-20H,1-18H2. The summed E-state index contributed by atoms with van der Waals surface area (Å²) in [6.45, 7) is 0. The van der Waals surface area contributed by atoms with Crippen LogP contribution in [0.2, 0.25) is 0 Å². The van der Waals surface area contributed by atoms with Crippen molar-refractivity contribution in [2.75, 3.05) is 0 Å². The molecule has 0 amide bonds. The second-order valence-electron chi connectivity index (χ2n) is 11.1. The van der Waals surface area contributed by atoms with Gasteiger partial charge in [0.15, 0.2) is 0 Å². The molecule has 0 bridgehead atoms. The molecule has 0 unspecified atom stereocenters. The summed E-state index contributed by atoms with van der Waals surface area (Å²) in [5.74, 6) is -15.3. The van der Waals surface area contributed by atoms with Gasteiger partial charge in [-0.25, -0.2) is 9.59 Å². The second-order valence-corrected chi connectivity index (χ2v) is 11.1. The highest BCUT2D eigenvalue weighted by Gasteiger charge is 2.71. The van der Waals surface area contributed by atoms with Crippen molar-refractivity contribution in [1.29, 1.82) is 0 Å². The smallest absolute Gasteiger partial charge is 0.415 e. The van der Waals surface area contributed by atoms with Crippen molar-refractivity contribution in [3.05, 3.63) is 0 Å². The minimum absolute atomic E-state index is 0.0963. The van der Waals surface area contributed by atoms with Gasteiger partial charge in [-0.15, -0.1) is 0 Å². The maximum absolute atomic E-state index is 15.0. The van der Waals surface area contributed by atoms with Crippen molar-refractivity contribution < 1.29 is 36.6 Å². The molecule has 4 saturated carbocycles. The van der Waals surface area contributed by atoms with Crippen LogP contribution in [0.15, 0.2) is 0 Å². The summed E-state index contributed by atoms with van der Waals surface area (Å²) in [5.41, 5.74) is -2.27. The lowest BCUT2D eigenvalue weighted by Gasteiger charge is -2.43. The first-order valence-electron chi connectivity index (χ1n) is 13.4. The van der Waals surface area contributed by atoms with E-state index in [-0.39, 0.29) is 11.8 Å². The number of hydrogen-bond donors (Lipinski definition) is 0. The molecule has 0 aromatic rings. The van der Waals surface area contributed by atoms with E-state index >= 15 is 0 Å². The zero-order valence-corrected chi connectivity index (χ0v) is 20.0. The summed E-state index contributed by atoms with van der Waals surface area (Å²) in [7, 11) is 0. The highest BCUT2D eigenvalue weighted by atomic mass is 19.3. The zero-order chi connectivity index (χ0) is 24.5. The molecule has 8 heteroatoms. The molecular weight excluding hydrogens is 452 g/mol. The van der Waals surface area contributed by atoms with Crippen molar-refractivity contribution >= 4 is 11.9 Å². The molecule has 4 aliphatic carbocycles. The Morgan fingerprint density at radius 1 is 0.529 bits per heavy atom. The van der Waals surface area contributed by atoms with Gasteiger partial charge in [0.1, 0.15) is 11.2 Å². The quantitative estimate of drug-likeness (QED) is 0.281. The fourth-order valence-electron chi connectivity index (χ4n) is 7.15. The van der Waals surface area contributed by atoms with Gasteiger partial charge >= 0.3 is 23.8 Å². The van der Waals surface area contributed by atoms with E-state index in [2.05, 4.69) is 0 Å². The lowest BCUT2D eigenvalue weighted by atomic mass is 9.74. The summed E-state index contributed by atoms with van der Waals surface area (Å²) in [4.78, 5) is 25.2. The molecule has 0 aliphatic heterocycles. The van der Waals surface area contributed by atoms with E-state index in [1.54, 1.807) is 0 Å². The first-order valence-corrected chi connectivity index (χ1v) is 13.4. The van der Waals surface area contributed by atoms with Gasteiger partial charge in [-0.05, 0) is 88.9 Å². The number of halogens is 4. The molecule has 0 saturated heterocycles. The van der Waals surface area contributed by atoms with Crippen molar-refractivity contribution in [3.8, 4) is 0 Å². The van der Waals surface area contributed by atoms with Gasteiger partial charge < -0.3 is 9.47 Å². The van der Waals surface area contributed by atoms with Crippen LogP contribution >= 0.6 is 0 Å². The van der Waals surface area contributed by atoms with E-state index < -0.39 is 35.0 Å². The van der Waals surface area contributed by atoms with Crippen LogP contribution in [0.3, 0.4) is 0 Å². The third-order valence-electron chi connectivity index (χ3n) is 9.10. The van der Waals surface area contributed by atoms with Gasteiger partial charge in [0.05, 0.1) is 0 Å². The van der Waals surface area contributed by atoms with Crippen LogP contribution in [-0.4, -0.2) is 35.0 Å². The lowest BCUT2D eigenvalue weighted by molar-refractivity contribution is -0.257. The fraction of sp³-hybridized carbons (Fsp3) is 0.923. The number of alkyl halides is 4. The molecule has 4 aliphatic rings. The molecule has 4 nitrogen and oxygen atoms in total. The number of ether oxygens (including phenoxy) is 2. The van der Waals surface area contributed by atoms with Crippen molar-refractivity contribution in [3.63, 3.8) is 0 Å². The Bertz CT molecular complexity index is 667. The normalized spacial score (nSPS) is 26.4. The van der Waals surface area contributed by atoms with Gasteiger partial charge in [-0.3, -0.25) is 0 Å². The Morgan fingerprint density at radius 3 is 1.12 bits per heavy atom. The Balaban J connectivity index is 1.51. The van der Waals surface area contributed by atoms with E-state index in [0.29, 0.717) is 51.4 Å². The van der Waals surface area contributed by atoms with Gasteiger partial charge in [0.25, 0.3) is 0 Å². The van der Waals surface area contributed by atoms with Gasteiger partial charge in [-0.2, -0.15) is 17.6 Å². The zero-order valence-electron chi connectivity index (χ0n) is 20.0. The highest BCUT2D eigenvalue weighted by molar-refractivity contribution is 5.90. The van der Waals surface area contributed by atoms with Crippen LogP contribution < -0.4 is 0 Å². The minimum atomic E-state index is -5.28. The van der Waals surface area contributed by atoms with Crippen LogP contribution in [0, 0.1) is 11.8 Å². The Labute approximate surface area is 199 Å². The average molecular weight is 491 g/mol. The van der Waals surface area contributed by atoms with E-state index in [0.717, 1.165) is 64.2 Å². The van der Waals surface area contributed by atoms with Gasteiger partial charge in [0.2, 0.25) is 0 Å². The third kappa shape index (κ3) is 4.71. The number of hydrogen-bond acceptors (Lipinski definition) is 4. The minimum Gasteiger partial charge on any atom is -0.454 e. The molecule has 0 spiro atoms. The maximum Gasteiger partial charge on any atom is 0.415 e. The van der Waals surface area contributed by atoms with E-state index in [9.17, 15) is 27.2 Å². The van der Waals surface area contributed by atoms with E-state index in [1.165, 1.54) is 0 Å². The summed E-state index contributed by atoms with van der Waals surface area (Å²) < 4.78 is 70.6. The van der Waals surface area contributed by atoms with Crippen molar-refractivity contribution in [2.45, 2.75) is 139 Å². The van der Waals surface area contributed by atoms with Crippen LogP contribution in [0.5, 0.6) is 0 Å². The summed E-state index contributed by atoms with van der Waals surface area (Å²) >= 11 is 0. The molecule has 0 aromatic carbocycles. The molecule has 194 valence electrons. The lowest BCUT2D eigenvalue weighted by Crippen LogP contribution is -2.58. The third-order valence-corrected chi connectivity index (χ3v) is 9.10. The van der Waals surface area contributed by atoms with Crippen LogP contribution in [-0.2, 0) is 19.1 Å². The summed E-state index contributed by atoms with van der Waals surface area (Å²) in [6, 6.07) is 0. The number of esters is 2. The summed E-state index contributed by atoms with van der Waals surface area (Å²) in [6.07, 6.45) is 12.8. The van der Waals surface area contributed by atoms with Crippen LogP contribution in [0.25, 0.3) is 0 Å². The molecule has 0 aromatic heterocycles. The molecule has 4 rings (SSSR count). The molecule has 0 atom stereocenters. The summed E-state index contributed by atoms with van der Waals surface area (Å²) in [5, 5.41) is 0. The predicted molar refractivity (Wildman–Crippen MR) is 118 cm³/mol. The Kier molecular flexibility index (Phi) is 7.54. The maximum atomic E-state index is 15.0. The molecule has 0 heterocycles. The van der Waals surface area contributed by atoms with Crippen LogP contribution in [0.4, 0.5) is 17.6 Å². The first-order chi connectivity index (χ1) is 16.1. The topological polar surface area (TPSA) is 52.6 Å². The monoisotopic (exact) mass is 490 g/mol. The molecule has 0 N–H and O–H groups in total. The number of carbonyl (C=O) groups excluding carboxylic acids is 2. The fourth-order valence-corrected chi connectivity index (χ4v) is 7.15. The number of rotatable bonds is 7. The Morgan fingerprint density at radius 2 is 0.824 bits per heavy atom. The molecular formula is C26H38F4O4. The number of carbonyl (C=O) groups is 2.